The number of hydrogen-bond donors (Lipinski definition) is 0. The molecule has 0 aliphatic carbocycles. The SMILES string of the molecule is O=C(c1cccc(Cl)c1)N1C[C@@H]2COC[C@@H](C(=O)N3CCCO3)[C@@H]2C1. The molecule has 0 N–H and O–H groups in total. The molecule has 25 heavy (non-hydrogen) atoms. The lowest BCUT2D eigenvalue weighted by Gasteiger charge is -2.33. The van der Waals surface area contributed by atoms with E-state index in [0.717, 1.165) is 6.42 Å². The Morgan fingerprint density at radius 1 is 1.20 bits per heavy atom. The predicted octanol–water partition coefficient (Wildman–Crippen LogP) is 1.84. The van der Waals surface area contributed by atoms with Crippen molar-refractivity contribution in [2.75, 3.05) is 39.5 Å². The van der Waals surface area contributed by atoms with Gasteiger partial charge in [-0.3, -0.25) is 14.4 Å². The van der Waals surface area contributed by atoms with Crippen molar-refractivity contribution in [1.29, 1.82) is 0 Å². The number of hydrogen-bond acceptors (Lipinski definition) is 4. The number of benzene rings is 1. The van der Waals surface area contributed by atoms with Crippen LogP contribution in [0.3, 0.4) is 0 Å². The van der Waals surface area contributed by atoms with E-state index < -0.39 is 0 Å². The summed E-state index contributed by atoms with van der Waals surface area (Å²) in [6, 6.07) is 6.98. The van der Waals surface area contributed by atoms with Crippen LogP contribution in [0.1, 0.15) is 16.8 Å². The van der Waals surface area contributed by atoms with Crippen LogP contribution in [0.2, 0.25) is 5.02 Å². The molecule has 3 aliphatic rings. The average Bonchev–Trinajstić information content (AvgIpc) is 3.29. The summed E-state index contributed by atoms with van der Waals surface area (Å²) in [6.07, 6.45) is 0.868. The molecular weight excluding hydrogens is 344 g/mol. The number of halogens is 1. The summed E-state index contributed by atoms with van der Waals surface area (Å²) in [7, 11) is 0. The van der Waals surface area contributed by atoms with Gasteiger partial charge in [-0.2, -0.15) is 0 Å². The molecule has 0 saturated carbocycles. The van der Waals surface area contributed by atoms with E-state index in [1.54, 1.807) is 24.3 Å². The monoisotopic (exact) mass is 364 g/mol. The highest BCUT2D eigenvalue weighted by atomic mass is 35.5. The number of hydroxylamine groups is 2. The van der Waals surface area contributed by atoms with Gasteiger partial charge in [0.1, 0.15) is 0 Å². The molecule has 3 heterocycles. The first-order valence-electron chi connectivity index (χ1n) is 8.70. The fourth-order valence-electron chi connectivity index (χ4n) is 4.03. The molecule has 3 atom stereocenters. The fourth-order valence-corrected chi connectivity index (χ4v) is 4.22. The maximum Gasteiger partial charge on any atom is 0.253 e. The highest BCUT2D eigenvalue weighted by molar-refractivity contribution is 6.30. The minimum atomic E-state index is -0.242. The molecule has 4 rings (SSSR count). The second kappa shape index (κ2) is 6.94. The van der Waals surface area contributed by atoms with Crippen molar-refractivity contribution in [2.24, 2.45) is 17.8 Å². The number of likely N-dealkylation sites (tertiary alicyclic amines) is 1. The lowest BCUT2D eigenvalue weighted by atomic mass is 9.82. The van der Waals surface area contributed by atoms with Gasteiger partial charge in [-0.1, -0.05) is 17.7 Å². The molecule has 134 valence electrons. The van der Waals surface area contributed by atoms with Crippen molar-refractivity contribution in [2.45, 2.75) is 6.42 Å². The molecule has 0 radical (unpaired) electrons. The van der Waals surface area contributed by atoms with E-state index in [1.807, 2.05) is 4.90 Å². The van der Waals surface area contributed by atoms with Crippen LogP contribution in [0.5, 0.6) is 0 Å². The van der Waals surface area contributed by atoms with E-state index in [-0.39, 0.29) is 29.6 Å². The normalized spacial score (nSPS) is 28.9. The van der Waals surface area contributed by atoms with Crippen LogP contribution in [0.4, 0.5) is 0 Å². The molecule has 3 fully saturated rings. The van der Waals surface area contributed by atoms with E-state index in [9.17, 15) is 9.59 Å². The molecule has 6 nitrogen and oxygen atoms in total. The summed E-state index contributed by atoms with van der Waals surface area (Å²) >= 11 is 6.00. The summed E-state index contributed by atoms with van der Waals surface area (Å²) in [6.45, 7) is 3.41. The van der Waals surface area contributed by atoms with Crippen molar-refractivity contribution in [3.8, 4) is 0 Å². The first kappa shape index (κ1) is 16.8. The predicted molar refractivity (Wildman–Crippen MR) is 90.9 cm³/mol. The first-order valence-corrected chi connectivity index (χ1v) is 9.08. The average molecular weight is 365 g/mol. The van der Waals surface area contributed by atoms with Gasteiger partial charge in [0.15, 0.2) is 0 Å². The Bertz CT molecular complexity index is 677. The van der Waals surface area contributed by atoms with Gasteiger partial charge in [-0.05, 0) is 30.5 Å². The summed E-state index contributed by atoms with van der Waals surface area (Å²) in [5.74, 6) is 0.0146. The molecule has 3 saturated heterocycles. The zero-order chi connectivity index (χ0) is 17.4. The number of fused-ring (bicyclic) bond motifs is 1. The van der Waals surface area contributed by atoms with Gasteiger partial charge in [0.05, 0.1) is 32.3 Å². The van der Waals surface area contributed by atoms with Gasteiger partial charge in [0.2, 0.25) is 0 Å². The van der Waals surface area contributed by atoms with Crippen LogP contribution in [-0.4, -0.2) is 61.2 Å². The Morgan fingerprint density at radius 2 is 2.08 bits per heavy atom. The Hall–Kier alpha value is -1.63. The number of carbonyl (C=O) groups excluding carboxylic acids is 2. The third-order valence-electron chi connectivity index (χ3n) is 5.31. The molecule has 7 heteroatoms. The van der Waals surface area contributed by atoms with Crippen molar-refractivity contribution in [1.82, 2.24) is 9.96 Å². The lowest BCUT2D eigenvalue weighted by molar-refractivity contribution is -0.181. The van der Waals surface area contributed by atoms with Gasteiger partial charge in [0.25, 0.3) is 11.8 Å². The van der Waals surface area contributed by atoms with Gasteiger partial charge < -0.3 is 9.64 Å². The van der Waals surface area contributed by atoms with Crippen LogP contribution in [0, 0.1) is 17.8 Å². The number of carbonyl (C=O) groups is 2. The molecule has 0 aromatic heterocycles. The van der Waals surface area contributed by atoms with Crippen LogP contribution in [0.25, 0.3) is 0 Å². The smallest absolute Gasteiger partial charge is 0.253 e. The zero-order valence-corrected chi connectivity index (χ0v) is 14.7. The lowest BCUT2D eigenvalue weighted by Crippen LogP contribution is -2.45. The number of ether oxygens (including phenoxy) is 1. The maximum absolute atomic E-state index is 12.8. The molecule has 0 spiro atoms. The topological polar surface area (TPSA) is 59.1 Å². The van der Waals surface area contributed by atoms with Crippen molar-refractivity contribution in [3.05, 3.63) is 34.9 Å². The minimum Gasteiger partial charge on any atom is -0.380 e. The van der Waals surface area contributed by atoms with E-state index in [4.69, 9.17) is 21.2 Å². The number of rotatable bonds is 2. The van der Waals surface area contributed by atoms with Crippen LogP contribution >= 0.6 is 11.6 Å². The van der Waals surface area contributed by atoms with Crippen molar-refractivity contribution < 1.29 is 19.2 Å². The van der Waals surface area contributed by atoms with Crippen LogP contribution in [-0.2, 0) is 14.4 Å². The van der Waals surface area contributed by atoms with E-state index >= 15 is 0 Å². The minimum absolute atomic E-state index is 0.00995. The third kappa shape index (κ3) is 3.26. The maximum atomic E-state index is 12.8. The van der Waals surface area contributed by atoms with E-state index in [2.05, 4.69) is 0 Å². The summed E-state index contributed by atoms with van der Waals surface area (Å²) in [5, 5.41) is 2.02. The second-order valence-electron chi connectivity index (χ2n) is 6.92. The van der Waals surface area contributed by atoms with E-state index in [1.165, 1.54) is 5.06 Å². The first-order chi connectivity index (χ1) is 12.1. The Balaban J connectivity index is 1.48. The highest BCUT2D eigenvalue weighted by Gasteiger charge is 2.46. The van der Waals surface area contributed by atoms with Gasteiger partial charge in [-0.15, -0.1) is 0 Å². The molecule has 2 amide bonds. The Morgan fingerprint density at radius 3 is 2.84 bits per heavy atom. The second-order valence-corrected chi connectivity index (χ2v) is 7.35. The Labute approximate surface area is 151 Å². The summed E-state index contributed by atoms with van der Waals surface area (Å²) < 4.78 is 5.67. The fraction of sp³-hybridized carbons (Fsp3) is 0.556. The quantitative estimate of drug-likeness (QED) is 0.803. The van der Waals surface area contributed by atoms with Gasteiger partial charge in [0, 0.05) is 29.6 Å². The highest BCUT2D eigenvalue weighted by Crippen LogP contribution is 2.36. The largest absolute Gasteiger partial charge is 0.380 e. The van der Waals surface area contributed by atoms with Crippen molar-refractivity contribution >= 4 is 23.4 Å². The summed E-state index contributed by atoms with van der Waals surface area (Å²) in [5.41, 5.74) is 0.581. The van der Waals surface area contributed by atoms with Crippen molar-refractivity contribution in [3.63, 3.8) is 0 Å². The van der Waals surface area contributed by atoms with Gasteiger partial charge in [-0.25, -0.2) is 5.06 Å². The Kier molecular flexibility index (Phi) is 4.67. The van der Waals surface area contributed by atoms with Crippen LogP contribution < -0.4 is 0 Å². The molecule has 0 unspecified atom stereocenters. The zero-order valence-electron chi connectivity index (χ0n) is 13.9. The summed E-state index contributed by atoms with van der Waals surface area (Å²) in [4.78, 5) is 32.7. The van der Waals surface area contributed by atoms with Gasteiger partial charge >= 0.3 is 0 Å². The molecule has 1 aromatic rings. The molecule has 3 aliphatic heterocycles. The molecule has 1 aromatic carbocycles. The third-order valence-corrected chi connectivity index (χ3v) is 5.55. The standard InChI is InChI=1S/C18H21ClN2O4/c19-14-4-1-3-12(7-14)17(22)20-8-13-10-24-11-16(15(13)9-20)18(23)21-5-2-6-25-21/h1,3-4,7,13,15-16H,2,5-6,8-11H2/t13-,15-,16-/m1/s1. The molecular formula is C18H21ClN2O4. The van der Waals surface area contributed by atoms with E-state index in [0.29, 0.717) is 50.0 Å². The number of nitrogens with zero attached hydrogens (tertiary/aromatic N) is 2. The number of amides is 2. The van der Waals surface area contributed by atoms with Crippen LogP contribution in [0.15, 0.2) is 24.3 Å². The molecule has 0 bridgehead atoms.